The monoisotopic (exact) mass is 301 g/mol. The summed E-state index contributed by atoms with van der Waals surface area (Å²) in [6, 6.07) is 4.25. The van der Waals surface area contributed by atoms with E-state index in [1.807, 2.05) is 37.4 Å². The summed E-state index contributed by atoms with van der Waals surface area (Å²) in [7, 11) is 3.97. The number of rotatable bonds is 5. The highest BCUT2D eigenvalue weighted by molar-refractivity contribution is 7.10. The molecule has 0 spiro atoms. The standard InChI is InChI=1S/C15H19N5S/c1-4-11-12(10-20(3)18-11)17-14(13-6-5-9-21-13)15-16-7-8-19(15)2/h5-10,14,17H,4H2,1-3H3. The zero-order chi connectivity index (χ0) is 14.8. The molecule has 1 unspecified atom stereocenters. The van der Waals surface area contributed by atoms with Crippen LogP contribution >= 0.6 is 11.3 Å². The normalized spacial score (nSPS) is 12.5. The number of aryl methyl sites for hydroxylation is 3. The summed E-state index contributed by atoms with van der Waals surface area (Å²) in [4.78, 5) is 5.76. The molecule has 1 N–H and O–H groups in total. The van der Waals surface area contributed by atoms with Crippen molar-refractivity contribution in [3.05, 3.63) is 52.5 Å². The summed E-state index contributed by atoms with van der Waals surface area (Å²) in [5, 5.41) is 10.2. The van der Waals surface area contributed by atoms with Crippen LogP contribution in [0.3, 0.4) is 0 Å². The number of thiophene rings is 1. The van der Waals surface area contributed by atoms with Gasteiger partial charge in [0, 0.05) is 37.6 Å². The highest BCUT2D eigenvalue weighted by Crippen LogP contribution is 2.29. The SMILES string of the molecule is CCc1nn(C)cc1NC(c1cccs1)c1nccn1C. The Morgan fingerprint density at radius 3 is 2.86 bits per heavy atom. The van der Waals surface area contributed by atoms with Gasteiger partial charge in [0.15, 0.2) is 0 Å². The van der Waals surface area contributed by atoms with Crippen molar-refractivity contribution in [3.8, 4) is 0 Å². The van der Waals surface area contributed by atoms with Gasteiger partial charge in [0.05, 0.1) is 11.4 Å². The van der Waals surface area contributed by atoms with Crippen LogP contribution in [-0.2, 0) is 20.5 Å². The molecule has 0 saturated carbocycles. The Hall–Kier alpha value is -2.08. The molecule has 3 aromatic heterocycles. The predicted octanol–water partition coefficient (Wildman–Crippen LogP) is 2.98. The molecule has 0 aliphatic rings. The quantitative estimate of drug-likeness (QED) is 0.788. The number of nitrogens with zero attached hydrogens (tertiary/aromatic N) is 4. The van der Waals surface area contributed by atoms with Crippen LogP contribution in [0.5, 0.6) is 0 Å². The van der Waals surface area contributed by atoms with Crippen LogP contribution in [0, 0.1) is 0 Å². The first-order valence-corrected chi connectivity index (χ1v) is 7.86. The third-order valence-electron chi connectivity index (χ3n) is 3.48. The lowest BCUT2D eigenvalue weighted by Crippen LogP contribution is -2.16. The van der Waals surface area contributed by atoms with Gasteiger partial charge < -0.3 is 9.88 Å². The van der Waals surface area contributed by atoms with Gasteiger partial charge in [-0.3, -0.25) is 4.68 Å². The van der Waals surface area contributed by atoms with Crippen molar-refractivity contribution >= 4 is 17.0 Å². The van der Waals surface area contributed by atoms with Crippen molar-refractivity contribution in [2.24, 2.45) is 14.1 Å². The minimum Gasteiger partial charge on any atom is -0.368 e. The van der Waals surface area contributed by atoms with E-state index in [-0.39, 0.29) is 6.04 Å². The fraction of sp³-hybridized carbons (Fsp3) is 0.333. The Morgan fingerprint density at radius 1 is 1.38 bits per heavy atom. The van der Waals surface area contributed by atoms with Gasteiger partial charge in [0.1, 0.15) is 11.9 Å². The van der Waals surface area contributed by atoms with Crippen molar-refractivity contribution < 1.29 is 0 Å². The smallest absolute Gasteiger partial charge is 0.136 e. The van der Waals surface area contributed by atoms with Gasteiger partial charge in [-0.25, -0.2) is 4.98 Å². The third kappa shape index (κ3) is 2.71. The fourth-order valence-electron chi connectivity index (χ4n) is 2.45. The van der Waals surface area contributed by atoms with Crippen LogP contribution in [0.25, 0.3) is 0 Å². The Kier molecular flexibility index (Phi) is 3.79. The maximum atomic E-state index is 4.51. The van der Waals surface area contributed by atoms with Gasteiger partial charge in [-0.05, 0) is 17.9 Å². The second-order valence-corrected chi connectivity index (χ2v) is 5.99. The minimum atomic E-state index is 0.0412. The van der Waals surface area contributed by atoms with E-state index in [2.05, 4.69) is 44.4 Å². The van der Waals surface area contributed by atoms with Crippen molar-refractivity contribution in [2.75, 3.05) is 5.32 Å². The molecule has 21 heavy (non-hydrogen) atoms. The van der Waals surface area contributed by atoms with Crippen LogP contribution in [-0.4, -0.2) is 19.3 Å². The Morgan fingerprint density at radius 2 is 2.24 bits per heavy atom. The molecule has 1 atom stereocenters. The summed E-state index contributed by atoms with van der Waals surface area (Å²) in [6.45, 7) is 2.12. The first kappa shape index (κ1) is 13.9. The lowest BCUT2D eigenvalue weighted by molar-refractivity contribution is 0.746. The van der Waals surface area contributed by atoms with Crippen molar-refractivity contribution in [1.82, 2.24) is 19.3 Å². The average molecular weight is 301 g/mol. The van der Waals surface area contributed by atoms with Crippen LogP contribution in [0.15, 0.2) is 36.1 Å². The van der Waals surface area contributed by atoms with E-state index >= 15 is 0 Å². The molecular formula is C15H19N5S. The molecule has 0 bridgehead atoms. The first-order valence-electron chi connectivity index (χ1n) is 6.98. The zero-order valence-electron chi connectivity index (χ0n) is 12.4. The van der Waals surface area contributed by atoms with Crippen molar-refractivity contribution in [3.63, 3.8) is 0 Å². The molecule has 0 aromatic carbocycles. The van der Waals surface area contributed by atoms with Crippen LogP contribution < -0.4 is 5.32 Å². The van der Waals surface area contributed by atoms with Gasteiger partial charge in [-0.15, -0.1) is 11.3 Å². The molecule has 0 aliphatic heterocycles. The number of imidazole rings is 1. The predicted molar refractivity (Wildman–Crippen MR) is 85.6 cm³/mol. The molecule has 110 valence electrons. The summed E-state index contributed by atoms with van der Waals surface area (Å²) in [5.74, 6) is 1.00. The number of hydrogen-bond donors (Lipinski definition) is 1. The number of anilines is 1. The molecule has 0 saturated heterocycles. The van der Waals surface area contributed by atoms with Crippen molar-refractivity contribution in [2.45, 2.75) is 19.4 Å². The lowest BCUT2D eigenvalue weighted by atomic mass is 10.2. The third-order valence-corrected chi connectivity index (χ3v) is 4.42. The largest absolute Gasteiger partial charge is 0.368 e. The summed E-state index contributed by atoms with van der Waals surface area (Å²) in [6.07, 6.45) is 6.74. The van der Waals surface area contributed by atoms with Crippen molar-refractivity contribution in [1.29, 1.82) is 0 Å². The Bertz CT molecular complexity index is 710. The molecule has 0 fully saturated rings. The molecule has 3 rings (SSSR count). The molecule has 6 heteroatoms. The Labute approximate surface area is 128 Å². The van der Waals surface area contributed by atoms with Gasteiger partial charge in [0.2, 0.25) is 0 Å². The molecule has 0 amide bonds. The molecule has 0 radical (unpaired) electrons. The number of nitrogens with one attached hydrogen (secondary N) is 1. The second-order valence-electron chi connectivity index (χ2n) is 5.01. The lowest BCUT2D eigenvalue weighted by Gasteiger charge is -2.18. The Balaban J connectivity index is 1.99. The molecule has 5 nitrogen and oxygen atoms in total. The van der Waals surface area contributed by atoms with E-state index in [1.165, 1.54) is 4.88 Å². The average Bonchev–Trinajstić information content (AvgIpc) is 3.17. The van der Waals surface area contributed by atoms with Gasteiger partial charge in [-0.1, -0.05) is 13.0 Å². The van der Waals surface area contributed by atoms with E-state index in [1.54, 1.807) is 11.3 Å². The minimum absolute atomic E-state index is 0.0412. The van der Waals surface area contributed by atoms with Crippen LogP contribution in [0.4, 0.5) is 5.69 Å². The van der Waals surface area contributed by atoms with E-state index in [0.29, 0.717) is 0 Å². The number of hydrogen-bond acceptors (Lipinski definition) is 4. The summed E-state index contributed by atoms with van der Waals surface area (Å²) >= 11 is 1.73. The molecular weight excluding hydrogens is 282 g/mol. The summed E-state index contributed by atoms with van der Waals surface area (Å²) in [5.41, 5.74) is 2.15. The summed E-state index contributed by atoms with van der Waals surface area (Å²) < 4.78 is 3.91. The van der Waals surface area contributed by atoms with E-state index in [4.69, 9.17) is 0 Å². The maximum absolute atomic E-state index is 4.51. The molecule has 3 heterocycles. The number of aromatic nitrogens is 4. The molecule has 3 aromatic rings. The zero-order valence-corrected chi connectivity index (χ0v) is 13.3. The second kappa shape index (κ2) is 5.73. The van der Waals surface area contributed by atoms with Gasteiger partial charge >= 0.3 is 0 Å². The fourth-order valence-corrected chi connectivity index (χ4v) is 3.22. The highest BCUT2D eigenvalue weighted by Gasteiger charge is 2.21. The topological polar surface area (TPSA) is 47.7 Å². The van der Waals surface area contributed by atoms with Crippen LogP contribution in [0.1, 0.15) is 29.4 Å². The van der Waals surface area contributed by atoms with E-state index in [0.717, 1.165) is 23.6 Å². The van der Waals surface area contributed by atoms with Gasteiger partial charge in [-0.2, -0.15) is 5.10 Å². The van der Waals surface area contributed by atoms with E-state index < -0.39 is 0 Å². The van der Waals surface area contributed by atoms with E-state index in [9.17, 15) is 0 Å². The molecule has 0 aliphatic carbocycles. The van der Waals surface area contributed by atoms with Crippen LogP contribution in [0.2, 0.25) is 0 Å². The first-order chi connectivity index (χ1) is 10.2. The van der Waals surface area contributed by atoms with Gasteiger partial charge in [0.25, 0.3) is 0 Å². The highest BCUT2D eigenvalue weighted by atomic mass is 32.1. The maximum Gasteiger partial charge on any atom is 0.136 e.